The second kappa shape index (κ2) is 6.52. The summed E-state index contributed by atoms with van der Waals surface area (Å²) in [5.41, 5.74) is 2.02. The van der Waals surface area contributed by atoms with E-state index in [1.54, 1.807) is 5.56 Å². The molecule has 2 aliphatic carbocycles. The second-order valence-corrected chi connectivity index (χ2v) is 7.25. The molecule has 116 valence electrons. The Morgan fingerprint density at radius 2 is 1.71 bits per heavy atom. The van der Waals surface area contributed by atoms with Crippen LogP contribution in [0.2, 0.25) is 0 Å². The lowest BCUT2D eigenvalue weighted by Crippen LogP contribution is -2.46. The molecule has 1 N–H and O–H groups in total. The Labute approximate surface area is 130 Å². The molecule has 2 aliphatic rings. The zero-order valence-electron chi connectivity index (χ0n) is 13.8. The van der Waals surface area contributed by atoms with Crippen molar-refractivity contribution in [2.24, 2.45) is 11.8 Å². The highest BCUT2D eigenvalue weighted by Crippen LogP contribution is 2.54. The summed E-state index contributed by atoms with van der Waals surface area (Å²) in [6.45, 7) is 5.73. The van der Waals surface area contributed by atoms with Crippen LogP contribution in [0.1, 0.15) is 64.4 Å². The molecule has 0 aliphatic heterocycles. The average molecular weight is 285 g/mol. The number of benzene rings is 1. The van der Waals surface area contributed by atoms with E-state index in [9.17, 15) is 0 Å². The zero-order chi connectivity index (χ0) is 14.7. The molecular weight excluding hydrogens is 254 g/mol. The minimum absolute atomic E-state index is 0.445. The number of hydrogen-bond donors (Lipinski definition) is 1. The van der Waals surface area contributed by atoms with Gasteiger partial charge in [0.2, 0.25) is 0 Å². The van der Waals surface area contributed by atoms with E-state index in [-0.39, 0.29) is 0 Å². The summed E-state index contributed by atoms with van der Waals surface area (Å²) >= 11 is 0. The van der Waals surface area contributed by atoms with Gasteiger partial charge in [0.15, 0.2) is 0 Å². The molecule has 0 heterocycles. The molecular formula is C20H31N. The molecule has 0 radical (unpaired) electrons. The normalized spacial score (nSPS) is 29.0. The van der Waals surface area contributed by atoms with Crippen molar-refractivity contribution in [2.75, 3.05) is 6.54 Å². The molecule has 3 rings (SSSR count). The molecule has 1 aromatic carbocycles. The summed E-state index contributed by atoms with van der Waals surface area (Å²) in [7, 11) is 0. The van der Waals surface area contributed by atoms with Crippen molar-refractivity contribution in [2.45, 2.75) is 70.3 Å². The minimum Gasteiger partial charge on any atom is -0.313 e. The van der Waals surface area contributed by atoms with E-state index in [0.717, 1.165) is 18.4 Å². The standard InChI is InChI=1S/C20H31N/c1-3-16-10-12-17(13-11-16)19(21-4-2)20(14-15-20)18-8-6-5-7-9-18/h5-9,16-17,19,21H,3-4,10-15H2,1-2H3. The molecule has 0 aromatic heterocycles. The monoisotopic (exact) mass is 285 g/mol. The molecule has 1 nitrogen and oxygen atoms in total. The van der Waals surface area contributed by atoms with E-state index in [4.69, 9.17) is 0 Å². The van der Waals surface area contributed by atoms with E-state index in [1.807, 2.05) is 0 Å². The molecule has 21 heavy (non-hydrogen) atoms. The maximum Gasteiger partial charge on any atom is 0.0192 e. The Balaban J connectivity index is 1.76. The lowest BCUT2D eigenvalue weighted by molar-refractivity contribution is 0.193. The zero-order valence-corrected chi connectivity index (χ0v) is 13.8. The third-order valence-corrected chi connectivity index (χ3v) is 6.10. The summed E-state index contributed by atoms with van der Waals surface area (Å²) in [4.78, 5) is 0. The van der Waals surface area contributed by atoms with Crippen molar-refractivity contribution in [1.29, 1.82) is 0 Å². The number of hydrogen-bond acceptors (Lipinski definition) is 1. The van der Waals surface area contributed by atoms with E-state index >= 15 is 0 Å². The summed E-state index contributed by atoms with van der Waals surface area (Å²) in [6, 6.07) is 12.0. The van der Waals surface area contributed by atoms with E-state index in [0.29, 0.717) is 11.5 Å². The lowest BCUT2D eigenvalue weighted by Gasteiger charge is -2.39. The van der Waals surface area contributed by atoms with Crippen LogP contribution in [0, 0.1) is 11.8 Å². The van der Waals surface area contributed by atoms with Gasteiger partial charge in [-0.25, -0.2) is 0 Å². The third-order valence-electron chi connectivity index (χ3n) is 6.10. The van der Waals surface area contributed by atoms with Gasteiger partial charge in [-0.05, 0) is 49.6 Å². The molecule has 2 fully saturated rings. The second-order valence-electron chi connectivity index (χ2n) is 7.25. The maximum absolute atomic E-state index is 3.89. The molecule has 1 heteroatoms. The summed E-state index contributed by atoms with van der Waals surface area (Å²) in [5, 5.41) is 3.89. The predicted molar refractivity (Wildman–Crippen MR) is 90.6 cm³/mol. The Hall–Kier alpha value is -0.820. The van der Waals surface area contributed by atoms with Crippen LogP contribution in [0.5, 0.6) is 0 Å². The van der Waals surface area contributed by atoms with Crippen molar-refractivity contribution >= 4 is 0 Å². The lowest BCUT2D eigenvalue weighted by atomic mass is 9.71. The number of nitrogens with one attached hydrogen (secondary N) is 1. The molecule has 1 unspecified atom stereocenters. The van der Waals surface area contributed by atoms with Crippen molar-refractivity contribution in [3.63, 3.8) is 0 Å². The van der Waals surface area contributed by atoms with Crippen LogP contribution in [0.25, 0.3) is 0 Å². The number of rotatable bonds is 6. The molecule has 1 atom stereocenters. The molecule has 0 bridgehead atoms. The summed E-state index contributed by atoms with van der Waals surface area (Å²) < 4.78 is 0. The van der Waals surface area contributed by atoms with Gasteiger partial charge in [0, 0.05) is 11.5 Å². The van der Waals surface area contributed by atoms with Crippen LogP contribution < -0.4 is 5.32 Å². The van der Waals surface area contributed by atoms with Gasteiger partial charge in [-0.1, -0.05) is 63.4 Å². The maximum atomic E-state index is 3.89. The average Bonchev–Trinajstić information content (AvgIpc) is 3.35. The van der Waals surface area contributed by atoms with E-state index < -0.39 is 0 Å². The Kier molecular flexibility index (Phi) is 4.69. The minimum atomic E-state index is 0.445. The van der Waals surface area contributed by atoms with Gasteiger partial charge in [-0.3, -0.25) is 0 Å². The number of likely N-dealkylation sites (N-methyl/N-ethyl adjacent to an activating group) is 1. The first kappa shape index (κ1) is 15.1. The topological polar surface area (TPSA) is 12.0 Å². The van der Waals surface area contributed by atoms with E-state index in [1.165, 1.54) is 44.9 Å². The van der Waals surface area contributed by atoms with Crippen molar-refractivity contribution in [3.8, 4) is 0 Å². The van der Waals surface area contributed by atoms with E-state index in [2.05, 4.69) is 49.5 Å². The van der Waals surface area contributed by atoms with Crippen LogP contribution in [0.3, 0.4) is 0 Å². The quantitative estimate of drug-likeness (QED) is 0.783. The van der Waals surface area contributed by atoms with Gasteiger partial charge in [0.25, 0.3) is 0 Å². The first-order valence-corrected chi connectivity index (χ1v) is 9.09. The first-order chi connectivity index (χ1) is 10.3. The third kappa shape index (κ3) is 3.04. The fraction of sp³-hybridized carbons (Fsp3) is 0.700. The Morgan fingerprint density at radius 1 is 1.05 bits per heavy atom. The smallest absolute Gasteiger partial charge is 0.0192 e. The van der Waals surface area contributed by atoms with Crippen LogP contribution in [0.4, 0.5) is 0 Å². The highest BCUT2D eigenvalue weighted by Gasteiger charge is 2.52. The van der Waals surface area contributed by atoms with Gasteiger partial charge < -0.3 is 5.32 Å². The van der Waals surface area contributed by atoms with Crippen LogP contribution in [0.15, 0.2) is 30.3 Å². The fourth-order valence-electron chi connectivity index (χ4n) is 4.65. The summed E-state index contributed by atoms with van der Waals surface area (Å²) in [5.74, 6) is 1.88. The van der Waals surface area contributed by atoms with Crippen LogP contribution >= 0.6 is 0 Å². The molecule has 1 aromatic rings. The summed E-state index contributed by atoms with van der Waals surface area (Å²) in [6.07, 6.45) is 9.91. The largest absolute Gasteiger partial charge is 0.313 e. The highest BCUT2D eigenvalue weighted by atomic mass is 15.0. The van der Waals surface area contributed by atoms with Gasteiger partial charge in [0.05, 0.1) is 0 Å². The first-order valence-electron chi connectivity index (χ1n) is 9.09. The van der Waals surface area contributed by atoms with Crippen molar-refractivity contribution < 1.29 is 0 Å². The Bertz CT molecular complexity index is 426. The van der Waals surface area contributed by atoms with Crippen molar-refractivity contribution in [3.05, 3.63) is 35.9 Å². The molecule has 0 spiro atoms. The Morgan fingerprint density at radius 3 is 2.24 bits per heavy atom. The van der Waals surface area contributed by atoms with Crippen LogP contribution in [-0.4, -0.2) is 12.6 Å². The molecule has 2 saturated carbocycles. The van der Waals surface area contributed by atoms with Gasteiger partial charge >= 0.3 is 0 Å². The van der Waals surface area contributed by atoms with Crippen LogP contribution in [-0.2, 0) is 5.41 Å². The van der Waals surface area contributed by atoms with Gasteiger partial charge in [-0.2, -0.15) is 0 Å². The van der Waals surface area contributed by atoms with Gasteiger partial charge in [0.1, 0.15) is 0 Å². The highest BCUT2D eigenvalue weighted by molar-refractivity contribution is 5.34. The molecule has 0 amide bonds. The predicted octanol–water partition coefficient (Wildman–Crippen LogP) is 4.91. The van der Waals surface area contributed by atoms with Crippen molar-refractivity contribution in [1.82, 2.24) is 5.32 Å². The van der Waals surface area contributed by atoms with Gasteiger partial charge in [-0.15, -0.1) is 0 Å². The SMILES string of the molecule is CCNC(C1CCC(CC)CC1)C1(c2ccccc2)CC1. The molecule has 0 saturated heterocycles. The fourth-order valence-corrected chi connectivity index (χ4v) is 4.65.